The molecule has 5 aromatic rings. The summed E-state index contributed by atoms with van der Waals surface area (Å²) in [6.45, 7) is 11.7. The molecule has 0 bridgehead atoms. The Balaban J connectivity index is 1.81. The average molecular weight is 476 g/mol. The molecular formula is C34H39N2+. The van der Waals surface area contributed by atoms with Gasteiger partial charge < -0.3 is 0 Å². The molecule has 6 rings (SSSR count). The zero-order valence-corrected chi connectivity index (χ0v) is 22.6. The van der Waals surface area contributed by atoms with Gasteiger partial charge in [0.1, 0.15) is 11.7 Å². The lowest BCUT2D eigenvalue weighted by molar-refractivity contribution is -0.695. The maximum atomic E-state index is 2.62. The van der Waals surface area contributed by atoms with Crippen LogP contribution in [0.3, 0.4) is 0 Å². The molecule has 2 heteroatoms. The van der Waals surface area contributed by atoms with Crippen LogP contribution in [-0.2, 0) is 5.41 Å². The number of aromatic nitrogens is 2. The summed E-state index contributed by atoms with van der Waals surface area (Å²) >= 11 is 0. The molecule has 2 unspecified atom stereocenters. The average Bonchev–Trinajstić information content (AvgIpc) is 3.24. The highest BCUT2D eigenvalue weighted by molar-refractivity contribution is 6.13. The zero-order valence-electron chi connectivity index (χ0n) is 22.6. The first-order chi connectivity index (χ1) is 17.5. The molecule has 184 valence electrons. The Morgan fingerprint density at radius 1 is 0.889 bits per heavy atom. The smallest absolute Gasteiger partial charge is 0.226 e. The van der Waals surface area contributed by atoms with Crippen molar-refractivity contribution in [2.24, 2.45) is 0 Å². The molecule has 1 aliphatic heterocycles. The first-order valence-corrected chi connectivity index (χ1v) is 14.0. The zero-order chi connectivity index (χ0) is 25.0. The summed E-state index contributed by atoms with van der Waals surface area (Å²) in [6, 6.07) is 23.3. The highest BCUT2D eigenvalue weighted by Crippen LogP contribution is 2.47. The molecule has 2 atom stereocenters. The van der Waals surface area contributed by atoms with E-state index < -0.39 is 0 Å². The molecule has 3 heterocycles. The number of hydrogen-bond acceptors (Lipinski definition) is 0. The van der Waals surface area contributed by atoms with Gasteiger partial charge in [-0.05, 0) is 68.2 Å². The molecule has 0 saturated heterocycles. The molecule has 0 radical (unpaired) electrons. The Hall–Kier alpha value is -3.13. The lowest BCUT2D eigenvalue weighted by Crippen LogP contribution is -2.39. The van der Waals surface area contributed by atoms with Crippen LogP contribution in [0, 0.1) is 13.8 Å². The number of nitrogens with zero attached hydrogens (tertiary/aromatic N) is 2. The van der Waals surface area contributed by atoms with Crippen LogP contribution in [0.1, 0.15) is 82.0 Å². The second kappa shape index (κ2) is 8.76. The van der Waals surface area contributed by atoms with Gasteiger partial charge in [-0.2, -0.15) is 4.40 Å². The topological polar surface area (TPSA) is 8.29 Å². The molecule has 0 N–H and O–H groups in total. The van der Waals surface area contributed by atoms with E-state index in [-0.39, 0.29) is 5.41 Å². The maximum Gasteiger partial charge on any atom is 0.295 e. The highest BCUT2D eigenvalue weighted by Gasteiger charge is 2.41. The second-order valence-electron chi connectivity index (χ2n) is 11.2. The summed E-state index contributed by atoms with van der Waals surface area (Å²) in [7, 11) is 0. The first-order valence-electron chi connectivity index (χ1n) is 14.0. The Kier molecular flexibility index (Phi) is 5.67. The number of unbranched alkanes of at least 4 members (excludes halogenated alkanes) is 2. The van der Waals surface area contributed by atoms with Crippen molar-refractivity contribution in [1.82, 2.24) is 4.40 Å². The second-order valence-corrected chi connectivity index (χ2v) is 11.2. The minimum absolute atomic E-state index is 0.210. The normalized spacial score (nSPS) is 19.5. The highest BCUT2D eigenvalue weighted by atomic mass is 15.1. The van der Waals surface area contributed by atoms with Gasteiger partial charge in [0, 0.05) is 16.3 Å². The Morgan fingerprint density at radius 2 is 1.61 bits per heavy atom. The van der Waals surface area contributed by atoms with Crippen LogP contribution < -0.4 is 4.57 Å². The largest absolute Gasteiger partial charge is 0.295 e. The summed E-state index contributed by atoms with van der Waals surface area (Å²) in [5.74, 6) is 0. The molecular weight excluding hydrogens is 436 g/mol. The van der Waals surface area contributed by atoms with Gasteiger partial charge in [0.25, 0.3) is 5.65 Å². The lowest BCUT2D eigenvalue weighted by Gasteiger charge is -2.34. The molecule has 0 spiro atoms. The summed E-state index contributed by atoms with van der Waals surface area (Å²) in [4.78, 5) is 0. The molecule has 0 amide bonds. The van der Waals surface area contributed by atoms with Gasteiger partial charge in [-0.15, -0.1) is 0 Å². The van der Waals surface area contributed by atoms with Crippen LogP contribution in [0.25, 0.3) is 38.6 Å². The minimum atomic E-state index is 0.210. The fourth-order valence-corrected chi connectivity index (χ4v) is 7.29. The number of imidazole rings is 1. The van der Waals surface area contributed by atoms with Gasteiger partial charge in [0.2, 0.25) is 0 Å². The predicted octanol–water partition coefficient (Wildman–Crippen LogP) is 9.01. The molecule has 36 heavy (non-hydrogen) atoms. The van der Waals surface area contributed by atoms with Crippen LogP contribution in [0.5, 0.6) is 0 Å². The van der Waals surface area contributed by atoms with E-state index >= 15 is 0 Å². The number of aryl methyl sites for hydroxylation is 2. The molecule has 0 fully saturated rings. The van der Waals surface area contributed by atoms with Crippen LogP contribution in [0.4, 0.5) is 0 Å². The number of benzene rings is 3. The monoisotopic (exact) mass is 475 g/mol. The Bertz CT molecular complexity index is 1580. The molecule has 3 aromatic carbocycles. The third kappa shape index (κ3) is 3.26. The van der Waals surface area contributed by atoms with Gasteiger partial charge in [0.05, 0.1) is 11.4 Å². The molecule has 0 aliphatic carbocycles. The molecule has 2 aromatic heterocycles. The van der Waals surface area contributed by atoms with E-state index in [2.05, 4.69) is 110 Å². The maximum absolute atomic E-state index is 2.62. The summed E-state index contributed by atoms with van der Waals surface area (Å²) in [5, 5.41) is 4.22. The fraction of sp³-hybridized carbons (Fsp3) is 0.382. The first kappa shape index (κ1) is 23.3. The van der Waals surface area contributed by atoms with Gasteiger partial charge >= 0.3 is 0 Å². The van der Waals surface area contributed by atoms with Crippen molar-refractivity contribution in [3.8, 4) is 11.3 Å². The van der Waals surface area contributed by atoms with Crippen LogP contribution >= 0.6 is 0 Å². The van der Waals surface area contributed by atoms with E-state index in [9.17, 15) is 0 Å². The van der Waals surface area contributed by atoms with E-state index in [0.717, 1.165) is 0 Å². The third-order valence-electron chi connectivity index (χ3n) is 9.09. The summed E-state index contributed by atoms with van der Waals surface area (Å²) < 4.78 is 5.21. The number of hydrogen-bond donors (Lipinski definition) is 0. The lowest BCUT2D eigenvalue weighted by atomic mass is 9.69. The van der Waals surface area contributed by atoms with Gasteiger partial charge in [-0.1, -0.05) is 87.7 Å². The predicted molar refractivity (Wildman–Crippen MR) is 153 cm³/mol. The van der Waals surface area contributed by atoms with E-state index in [1.54, 1.807) is 5.56 Å². The Labute approximate surface area is 215 Å². The van der Waals surface area contributed by atoms with Crippen LogP contribution in [0.15, 0.2) is 66.9 Å². The quantitative estimate of drug-likeness (QED) is 0.132. The fourth-order valence-electron chi connectivity index (χ4n) is 7.29. The SMILES string of the molecule is CCCCCC1(CC)CC(C)[n+]2cc(-c3c(C)cccc3C)n3c4ccccc4c4cccc1c4c32. The summed E-state index contributed by atoms with van der Waals surface area (Å²) in [5.41, 5.74) is 9.81. The van der Waals surface area contributed by atoms with Crippen molar-refractivity contribution in [3.63, 3.8) is 0 Å². The molecule has 2 nitrogen and oxygen atoms in total. The third-order valence-corrected chi connectivity index (χ3v) is 9.09. The van der Waals surface area contributed by atoms with E-state index in [1.807, 2.05) is 0 Å². The van der Waals surface area contributed by atoms with Crippen LogP contribution in [0.2, 0.25) is 0 Å². The van der Waals surface area contributed by atoms with Crippen molar-refractivity contribution in [2.45, 2.75) is 84.6 Å². The Morgan fingerprint density at radius 3 is 2.36 bits per heavy atom. The van der Waals surface area contributed by atoms with Crippen LogP contribution in [-0.4, -0.2) is 4.40 Å². The van der Waals surface area contributed by atoms with E-state index in [4.69, 9.17) is 0 Å². The summed E-state index contributed by atoms with van der Waals surface area (Å²) in [6.07, 6.45) is 10.0. The number of para-hydroxylation sites is 1. The molecule has 1 aliphatic rings. The van der Waals surface area contributed by atoms with Crippen molar-refractivity contribution in [1.29, 1.82) is 0 Å². The molecule has 0 saturated carbocycles. The van der Waals surface area contributed by atoms with E-state index in [1.165, 1.54) is 88.2 Å². The van der Waals surface area contributed by atoms with Crippen molar-refractivity contribution in [3.05, 3.63) is 83.6 Å². The van der Waals surface area contributed by atoms with Gasteiger partial charge in [-0.3, -0.25) is 0 Å². The van der Waals surface area contributed by atoms with Crippen molar-refractivity contribution in [2.75, 3.05) is 0 Å². The van der Waals surface area contributed by atoms with Gasteiger partial charge in [0.15, 0.2) is 5.69 Å². The minimum Gasteiger partial charge on any atom is -0.226 e. The standard InChI is InChI=1S/C34H39N2/c1-6-8-11-20-34(7-2)21-25(5)35-22-30(31-23(3)14-12-15-24(31)4)36-29-19-10-9-16-26(29)27-17-13-18-28(34)32(27)33(35)36/h9-10,12-19,22,25H,6-8,11,20-21H2,1-5H3/q+1. The number of rotatable bonds is 6. The van der Waals surface area contributed by atoms with Crippen molar-refractivity contribution < 1.29 is 4.57 Å². The van der Waals surface area contributed by atoms with E-state index in [0.29, 0.717) is 6.04 Å². The number of pyridine rings is 1. The van der Waals surface area contributed by atoms with Gasteiger partial charge in [-0.25, -0.2) is 4.57 Å². The van der Waals surface area contributed by atoms with Crippen molar-refractivity contribution >= 4 is 27.3 Å². The number of fused-ring (bicyclic) bond motifs is 3.